The SMILES string of the molecule is CNC(=O)C(C)n1c(=S)[nH]c2cc(Br)cnc21. The van der Waals surface area contributed by atoms with Gasteiger partial charge in [0.15, 0.2) is 10.4 Å². The van der Waals surface area contributed by atoms with Crippen molar-refractivity contribution in [3.63, 3.8) is 0 Å². The maximum absolute atomic E-state index is 11.6. The first-order valence-electron chi connectivity index (χ1n) is 5.02. The number of halogens is 1. The summed E-state index contributed by atoms with van der Waals surface area (Å²) >= 11 is 8.55. The molecule has 0 bridgehead atoms. The molecule has 0 saturated heterocycles. The second-order valence-corrected chi connectivity index (χ2v) is 4.92. The van der Waals surface area contributed by atoms with Crippen LogP contribution in [0.5, 0.6) is 0 Å². The molecule has 90 valence electrons. The van der Waals surface area contributed by atoms with Gasteiger partial charge in [0.2, 0.25) is 5.91 Å². The molecule has 0 radical (unpaired) electrons. The molecule has 17 heavy (non-hydrogen) atoms. The highest BCUT2D eigenvalue weighted by molar-refractivity contribution is 9.10. The fraction of sp³-hybridized carbons (Fsp3) is 0.300. The topological polar surface area (TPSA) is 62.7 Å². The van der Waals surface area contributed by atoms with E-state index in [1.807, 2.05) is 6.07 Å². The Labute approximate surface area is 111 Å². The summed E-state index contributed by atoms with van der Waals surface area (Å²) in [5, 5.41) is 2.60. The third-order valence-corrected chi connectivity index (χ3v) is 3.27. The molecular weight excluding hydrogens is 304 g/mol. The van der Waals surface area contributed by atoms with Crippen molar-refractivity contribution >= 4 is 45.2 Å². The first-order chi connectivity index (χ1) is 8.04. The van der Waals surface area contributed by atoms with Gasteiger partial charge in [0, 0.05) is 17.7 Å². The van der Waals surface area contributed by atoms with E-state index in [-0.39, 0.29) is 5.91 Å². The number of nitrogens with one attached hydrogen (secondary N) is 2. The molecular formula is C10H11BrN4OS. The van der Waals surface area contributed by atoms with Gasteiger partial charge in [-0.3, -0.25) is 9.36 Å². The zero-order valence-electron chi connectivity index (χ0n) is 9.32. The molecule has 7 heteroatoms. The quantitative estimate of drug-likeness (QED) is 0.835. The fourth-order valence-electron chi connectivity index (χ4n) is 1.67. The summed E-state index contributed by atoms with van der Waals surface area (Å²) in [6, 6.07) is 1.49. The van der Waals surface area contributed by atoms with Crippen LogP contribution in [0.4, 0.5) is 0 Å². The molecule has 0 aliphatic rings. The molecule has 0 fully saturated rings. The van der Waals surface area contributed by atoms with Crippen LogP contribution in [0.1, 0.15) is 13.0 Å². The van der Waals surface area contributed by atoms with Crippen LogP contribution in [0, 0.1) is 4.77 Å². The maximum Gasteiger partial charge on any atom is 0.242 e. The first-order valence-corrected chi connectivity index (χ1v) is 6.22. The normalized spacial score (nSPS) is 12.6. The summed E-state index contributed by atoms with van der Waals surface area (Å²) in [6.45, 7) is 1.78. The summed E-state index contributed by atoms with van der Waals surface area (Å²) < 4.78 is 3.05. The molecule has 1 atom stereocenters. The molecule has 0 aliphatic heterocycles. The van der Waals surface area contributed by atoms with Crippen molar-refractivity contribution in [3.05, 3.63) is 21.5 Å². The third-order valence-electron chi connectivity index (χ3n) is 2.54. The second kappa shape index (κ2) is 4.58. The number of rotatable bonds is 2. The van der Waals surface area contributed by atoms with Crippen molar-refractivity contribution in [1.29, 1.82) is 0 Å². The number of nitrogens with zero attached hydrogens (tertiary/aromatic N) is 2. The second-order valence-electron chi connectivity index (χ2n) is 3.62. The lowest BCUT2D eigenvalue weighted by Crippen LogP contribution is -2.27. The molecule has 0 aliphatic carbocycles. The van der Waals surface area contributed by atoms with E-state index in [0.717, 1.165) is 9.99 Å². The molecule has 0 saturated carbocycles. The molecule has 1 unspecified atom stereocenters. The Balaban J connectivity index is 2.65. The van der Waals surface area contributed by atoms with Crippen LogP contribution in [0.2, 0.25) is 0 Å². The number of imidazole rings is 1. The first kappa shape index (κ1) is 12.3. The number of hydrogen-bond donors (Lipinski definition) is 2. The van der Waals surface area contributed by atoms with E-state index in [4.69, 9.17) is 12.2 Å². The molecule has 2 heterocycles. The molecule has 2 N–H and O–H groups in total. The standard InChI is InChI=1S/C10H11BrN4OS/c1-5(9(16)12-2)15-8-7(14-10(15)17)3-6(11)4-13-8/h3-5H,1-2H3,(H,12,16)(H,14,17). The summed E-state index contributed by atoms with van der Waals surface area (Å²) in [7, 11) is 1.60. The van der Waals surface area contributed by atoms with Crippen LogP contribution in [-0.4, -0.2) is 27.5 Å². The Morgan fingerprint density at radius 3 is 3.06 bits per heavy atom. The average molecular weight is 315 g/mol. The summed E-state index contributed by atoms with van der Waals surface area (Å²) in [5.41, 5.74) is 1.48. The minimum Gasteiger partial charge on any atom is -0.357 e. The predicted octanol–water partition coefficient (Wildman–Crippen LogP) is 2.16. The number of aromatic amines is 1. The number of amides is 1. The van der Waals surface area contributed by atoms with Crippen molar-refractivity contribution in [3.8, 4) is 0 Å². The zero-order valence-corrected chi connectivity index (χ0v) is 11.7. The highest BCUT2D eigenvalue weighted by atomic mass is 79.9. The van der Waals surface area contributed by atoms with E-state index in [1.165, 1.54) is 0 Å². The number of fused-ring (bicyclic) bond motifs is 1. The summed E-state index contributed by atoms with van der Waals surface area (Å²) in [5.74, 6) is -0.105. The molecule has 2 rings (SSSR count). The number of hydrogen-bond acceptors (Lipinski definition) is 3. The van der Waals surface area contributed by atoms with Crippen molar-refractivity contribution in [2.24, 2.45) is 0 Å². The number of likely N-dealkylation sites (N-methyl/N-ethyl adjacent to an activating group) is 1. The van der Waals surface area contributed by atoms with Gasteiger partial charge in [0.1, 0.15) is 6.04 Å². The summed E-state index contributed by atoms with van der Waals surface area (Å²) in [6.07, 6.45) is 1.68. The Hall–Kier alpha value is -1.21. The van der Waals surface area contributed by atoms with E-state index in [1.54, 1.807) is 24.7 Å². The molecule has 0 spiro atoms. The largest absolute Gasteiger partial charge is 0.357 e. The van der Waals surface area contributed by atoms with E-state index >= 15 is 0 Å². The lowest BCUT2D eigenvalue weighted by Gasteiger charge is -2.11. The van der Waals surface area contributed by atoms with E-state index in [2.05, 4.69) is 31.2 Å². The van der Waals surface area contributed by atoms with Gasteiger partial charge in [0.25, 0.3) is 0 Å². The lowest BCUT2D eigenvalue weighted by atomic mass is 10.3. The van der Waals surface area contributed by atoms with Gasteiger partial charge in [-0.2, -0.15) is 0 Å². The van der Waals surface area contributed by atoms with Gasteiger partial charge < -0.3 is 10.3 Å². The van der Waals surface area contributed by atoms with Crippen LogP contribution in [0.3, 0.4) is 0 Å². The molecule has 5 nitrogen and oxygen atoms in total. The fourth-order valence-corrected chi connectivity index (χ4v) is 2.36. The molecule has 1 amide bonds. The molecule has 2 aromatic rings. The van der Waals surface area contributed by atoms with Gasteiger partial charge in [-0.05, 0) is 41.1 Å². The van der Waals surface area contributed by atoms with Gasteiger partial charge >= 0.3 is 0 Å². The number of pyridine rings is 1. The van der Waals surface area contributed by atoms with E-state index in [9.17, 15) is 4.79 Å². The van der Waals surface area contributed by atoms with Gasteiger partial charge in [-0.15, -0.1) is 0 Å². The van der Waals surface area contributed by atoms with Crippen molar-refractivity contribution in [1.82, 2.24) is 19.9 Å². The van der Waals surface area contributed by atoms with Crippen molar-refractivity contribution in [2.45, 2.75) is 13.0 Å². The lowest BCUT2D eigenvalue weighted by molar-refractivity contribution is -0.123. The highest BCUT2D eigenvalue weighted by Gasteiger charge is 2.18. The average Bonchev–Trinajstić information content (AvgIpc) is 2.62. The Kier molecular flexibility index (Phi) is 3.30. The number of carbonyl (C=O) groups excluding carboxylic acids is 1. The zero-order chi connectivity index (χ0) is 12.6. The van der Waals surface area contributed by atoms with Crippen LogP contribution in [0.15, 0.2) is 16.7 Å². The Bertz CT molecular complexity index is 633. The number of carbonyl (C=O) groups is 1. The minimum atomic E-state index is -0.394. The van der Waals surface area contributed by atoms with Crippen molar-refractivity contribution in [2.75, 3.05) is 7.05 Å². The Morgan fingerprint density at radius 1 is 1.71 bits per heavy atom. The van der Waals surface area contributed by atoms with Gasteiger partial charge in [-0.25, -0.2) is 4.98 Å². The van der Waals surface area contributed by atoms with Gasteiger partial charge in [0.05, 0.1) is 5.52 Å². The maximum atomic E-state index is 11.6. The number of aromatic nitrogens is 3. The van der Waals surface area contributed by atoms with Crippen molar-refractivity contribution < 1.29 is 4.79 Å². The monoisotopic (exact) mass is 314 g/mol. The smallest absolute Gasteiger partial charge is 0.242 e. The third kappa shape index (κ3) is 2.12. The number of H-pyrrole nitrogens is 1. The molecule has 2 aromatic heterocycles. The van der Waals surface area contributed by atoms with E-state index in [0.29, 0.717) is 10.4 Å². The Morgan fingerprint density at radius 2 is 2.41 bits per heavy atom. The van der Waals surface area contributed by atoms with Crippen LogP contribution in [0.25, 0.3) is 11.2 Å². The summed E-state index contributed by atoms with van der Waals surface area (Å²) in [4.78, 5) is 19.0. The van der Waals surface area contributed by atoms with Crippen LogP contribution < -0.4 is 5.32 Å². The highest BCUT2D eigenvalue weighted by Crippen LogP contribution is 2.20. The van der Waals surface area contributed by atoms with Crippen LogP contribution >= 0.6 is 28.1 Å². The minimum absolute atomic E-state index is 0.105. The molecule has 0 aromatic carbocycles. The van der Waals surface area contributed by atoms with E-state index < -0.39 is 6.04 Å². The van der Waals surface area contributed by atoms with Crippen LogP contribution in [-0.2, 0) is 4.79 Å². The predicted molar refractivity (Wildman–Crippen MR) is 71.4 cm³/mol. The van der Waals surface area contributed by atoms with Gasteiger partial charge in [-0.1, -0.05) is 0 Å².